The molecule has 44 heavy (non-hydrogen) atoms. The molecule has 2 heterocycles. The topological polar surface area (TPSA) is 38.7 Å². The van der Waals surface area contributed by atoms with Crippen molar-refractivity contribution in [3.05, 3.63) is 169 Å². The van der Waals surface area contributed by atoms with E-state index < -0.39 is 0 Å². The van der Waals surface area contributed by atoms with Gasteiger partial charge in [0.25, 0.3) is 0 Å². The summed E-state index contributed by atoms with van der Waals surface area (Å²) < 4.78 is 0. The number of rotatable bonds is 7. The zero-order chi connectivity index (χ0) is 29.7. The van der Waals surface area contributed by atoms with Gasteiger partial charge in [0, 0.05) is 27.3 Å². The van der Waals surface area contributed by atoms with Gasteiger partial charge in [0.15, 0.2) is 17.5 Å². The molecule has 4 heteroatoms. The summed E-state index contributed by atoms with van der Waals surface area (Å²) >= 11 is 1.91. The minimum atomic E-state index is 0.641. The number of thioether (sulfide) groups is 1. The SMILES string of the molecule is C=C(/C=C\C=C1/CSc2c1cccc2-c1ccccc1)c1ccc(-c2nc(-c3ccccc3)nc(-c3ccccc3)n2)cc1. The highest BCUT2D eigenvalue weighted by atomic mass is 32.2. The smallest absolute Gasteiger partial charge is 0.164 e. The largest absolute Gasteiger partial charge is 0.208 e. The summed E-state index contributed by atoms with van der Waals surface area (Å²) in [5.41, 5.74) is 10.1. The molecule has 0 amide bonds. The zero-order valence-electron chi connectivity index (χ0n) is 24.1. The molecular formula is C40H29N3S. The molecule has 0 bridgehead atoms. The predicted octanol–water partition coefficient (Wildman–Crippen LogP) is 10.3. The van der Waals surface area contributed by atoms with Crippen molar-refractivity contribution < 1.29 is 0 Å². The summed E-state index contributed by atoms with van der Waals surface area (Å²) in [6, 6.07) is 45.5. The van der Waals surface area contributed by atoms with E-state index in [1.807, 2.05) is 72.4 Å². The minimum Gasteiger partial charge on any atom is -0.208 e. The molecule has 210 valence electrons. The van der Waals surface area contributed by atoms with Crippen LogP contribution in [0, 0.1) is 0 Å². The van der Waals surface area contributed by atoms with Gasteiger partial charge in [-0.05, 0) is 33.4 Å². The summed E-state index contributed by atoms with van der Waals surface area (Å²) in [6.45, 7) is 4.33. The highest BCUT2D eigenvalue weighted by Gasteiger charge is 2.20. The van der Waals surface area contributed by atoms with Crippen LogP contribution in [0.2, 0.25) is 0 Å². The number of hydrogen-bond donors (Lipinski definition) is 0. The van der Waals surface area contributed by atoms with E-state index in [4.69, 9.17) is 15.0 Å². The molecule has 6 aromatic rings. The van der Waals surface area contributed by atoms with Crippen molar-refractivity contribution in [2.45, 2.75) is 4.90 Å². The van der Waals surface area contributed by atoms with Crippen molar-refractivity contribution in [2.75, 3.05) is 5.75 Å². The molecule has 0 aliphatic carbocycles. The standard InChI is InChI=1S/C40H29N3S/c1-28(13-11-20-34-27-44-37-35(21-12-22-36(34)37)30-14-5-2-6-15-30)29-23-25-33(26-24-29)40-42-38(31-16-7-3-8-17-31)41-39(43-40)32-18-9-4-10-19-32/h2-26H,1,27H2/b13-11-,34-20+. The molecule has 0 spiro atoms. The first-order valence-electron chi connectivity index (χ1n) is 14.6. The fourth-order valence-electron chi connectivity index (χ4n) is 5.30. The first-order valence-corrected chi connectivity index (χ1v) is 15.6. The second-order valence-corrected chi connectivity index (χ2v) is 11.5. The van der Waals surface area contributed by atoms with Gasteiger partial charge in [0.05, 0.1) is 0 Å². The van der Waals surface area contributed by atoms with Crippen LogP contribution in [0.5, 0.6) is 0 Å². The number of aromatic nitrogens is 3. The van der Waals surface area contributed by atoms with Crippen LogP contribution in [0.15, 0.2) is 163 Å². The maximum Gasteiger partial charge on any atom is 0.164 e. The zero-order valence-corrected chi connectivity index (χ0v) is 24.9. The van der Waals surface area contributed by atoms with Gasteiger partial charge in [-0.2, -0.15) is 0 Å². The van der Waals surface area contributed by atoms with Crippen molar-refractivity contribution in [2.24, 2.45) is 0 Å². The van der Waals surface area contributed by atoms with Crippen LogP contribution in [0.1, 0.15) is 11.1 Å². The van der Waals surface area contributed by atoms with Crippen LogP contribution in [0.3, 0.4) is 0 Å². The summed E-state index contributed by atoms with van der Waals surface area (Å²) in [7, 11) is 0. The van der Waals surface area contributed by atoms with E-state index in [9.17, 15) is 0 Å². The Labute approximate surface area is 262 Å². The molecular weight excluding hydrogens is 555 g/mol. The predicted molar refractivity (Wildman–Crippen MR) is 185 cm³/mol. The molecule has 0 atom stereocenters. The van der Waals surface area contributed by atoms with Crippen LogP contribution in [0.25, 0.3) is 56.4 Å². The van der Waals surface area contributed by atoms with Gasteiger partial charge in [-0.25, -0.2) is 15.0 Å². The second-order valence-electron chi connectivity index (χ2n) is 10.5. The number of hydrogen-bond acceptors (Lipinski definition) is 4. The van der Waals surface area contributed by atoms with Crippen LogP contribution in [-0.2, 0) is 0 Å². The summed E-state index contributed by atoms with van der Waals surface area (Å²) in [6.07, 6.45) is 6.41. The Bertz CT molecular complexity index is 1940. The second kappa shape index (κ2) is 12.5. The first-order chi connectivity index (χ1) is 21.7. The summed E-state index contributed by atoms with van der Waals surface area (Å²) in [5, 5.41) is 0. The molecule has 0 unspecified atom stereocenters. The molecule has 0 fully saturated rings. The lowest BCUT2D eigenvalue weighted by Gasteiger charge is -2.09. The lowest BCUT2D eigenvalue weighted by Crippen LogP contribution is -2.00. The Morgan fingerprint density at radius 3 is 1.61 bits per heavy atom. The molecule has 1 aliphatic rings. The van der Waals surface area contributed by atoms with Crippen LogP contribution >= 0.6 is 11.8 Å². The number of benzene rings is 5. The molecule has 0 radical (unpaired) electrons. The van der Waals surface area contributed by atoms with Gasteiger partial charge >= 0.3 is 0 Å². The summed E-state index contributed by atoms with van der Waals surface area (Å²) in [4.78, 5) is 15.8. The molecule has 0 saturated carbocycles. The lowest BCUT2D eigenvalue weighted by molar-refractivity contribution is 1.07. The van der Waals surface area contributed by atoms with E-state index in [0.29, 0.717) is 17.5 Å². The molecule has 1 aromatic heterocycles. The van der Waals surface area contributed by atoms with E-state index in [1.54, 1.807) is 0 Å². The van der Waals surface area contributed by atoms with Crippen molar-refractivity contribution >= 4 is 22.9 Å². The van der Waals surface area contributed by atoms with Crippen LogP contribution < -0.4 is 0 Å². The first kappa shape index (κ1) is 27.5. The minimum absolute atomic E-state index is 0.641. The molecule has 7 rings (SSSR count). The van der Waals surface area contributed by atoms with E-state index >= 15 is 0 Å². The van der Waals surface area contributed by atoms with Crippen LogP contribution in [0.4, 0.5) is 0 Å². The molecule has 5 aromatic carbocycles. The fraction of sp³-hybridized carbons (Fsp3) is 0.0250. The lowest BCUT2D eigenvalue weighted by atomic mass is 9.99. The Kier molecular flexibility index (Phi) is 7.82. The van der Waals surface area contributed by atoms with E-state index in [2.05, 4.69) is 97.6 Å². The van der Waals surface area contributed by atoms with Gasteiger partial charge in [0.2, 0.25) is 0 Å². The number of allylic oxidation sites excluding steroid dienone is 4. The third-order valence-corrected chi connectivity index (χ3v) is 8.81. The van der Waals surface area contributed by atoms with E-state index in [-0.39, 0.29) is 0 Å². The van der Waals surface area contributed by atoms with E-state index in [1.165, 1.54) is 27.2 Å². The van der Waals surface area contributed by atoms with Crippen molar-refractivity contribution in [3.8, 4) is 45.3 Å². The monoisotopic (exact) mass is 583 g/mol. The van der Waals surface area contributed by atoms with Gasteiger partial charge in [-0.1, -0.05) is 158 Å². The quantitative estimate of drug-likeness (QED) is 0.175. The fourth-order valence-corrected chi connectivity index (χ4v) is 6.55. The van der Waals surface area contributed by atoms with E-state index in [0.717, 1.165) is 33.6 Å². The molecule has 1 aliphatic heterocycles. The average molecular weight is 584 g/mol. The van der Waals surface area contributed by atoms with Gasteiger partial charge in [-0.3, -0.25) is 0 Å². The third-order valence-electron chi connectivity index (χ3n) is 7.63. The van der Waals surface area contributed by atoms with Crippen molar-refractivity contribution in [3.63, 3.8) is 0 Å². The Hall–Kier alpha value is -5.32. The van der Waals surface area contributed by atoms with Gasteiger partial charge in [0.1, 0.15) is 0 Å². The Morgan fingerprint density at radius 1 is 0.545 bits per heavy atom. The number of nitrogens with zero attached hydrogens (tertiary/aromatic N) is 3. The highest BCUT2D eigenvalue weighted by molar-refractivity contribution is 8.00. The van der Waals surface area contributed by atoms with Gasteiger partial charge in [-0.15, -0.1) is 11.8 Å². The maximum absolute atomic E-state index is 4.84. The molecule has 3 nitrogen and oxygen atoms in total. The van der Waals surface area contributed by atoms with Crippen molar-refractivity contribution in [1.82, 2.24) is 15.0 Å². The summed E-state index contributed by atoms with van der Waals surface area (Å²) in [5.74, 6) is 2.91. The Balaban J connectivity index is 1.12. The Morgan fingerprint density at radius 2 is 1.05 bits per heavy atom. The normalized spacial score (nSPS) is 13.3. The average Bonchev–Trinajstić information content (AvgIpc) is 3.52. The molecule has 0 N–H and O–H groups in total. The van der Waals surface area contributed by atoms with Crippen LogP contribution in [-0.4, -0.2) is 20.7 Å². The third kappa shape index (κ3) is 5.81. The van der Waals surface area contributed by atoms with Crippen molar-refractivity contribution in [1.29, 1.82) is 0 Å². The highest BCUT2D eigenvalue weighted by Crippen LogP contribution is 2.44. The number of fused-ring (bicyclic) bond motifs is 1. The maximum atomic E-state index is 4.84. The van der Waals surface area contributed by atoms with Gasteiger partial charge < -0.3 is 0 Å². The molecule has 0 saturated heterocycles.